The number of oxazole rings is 1. The van der Waals surface area contributed by atoms with Gasteiger partial charge in [0.15, 0.2) is 11.7 Å². The van der Waals surface area contributed by atoms with Gasteiger partial charge in [0.1, 0.15) is 0 Å². The van der Waals surface area contributed by atoms with Gasteiger partial charge in [-0.05, 0) is 61.8 Å². The van der Waals surface area contributed by atoms with Gasteiger partial charge in [-0.25, -0.2) is 9.83 Å². The highest BCUT2D eigenvalue weighted by molar-refractivity contribution is 5.92. The highest BCUT2D eigenvalue weighted by atomic mass is 19.4. The Hall–Kier alpha value is -4.69. The van der Waals surface area contributed by atoms with Gasteiger partial charge in [0.2, 0.25) is 11.6 Å². The van der Waals surface area contributed by atoms with Crippen LogP contribution in [0, 0.1) is 6.57 Å². The fourth-order valence-corrected chi connectivity index (χ4v) is 4.66. The summed E-state index contributed by atoms with van der Waals surface area (Å²) in [6, 6.07) is 12.9. The number of hydrogen-bond acceptors (Lipinski definition) is 5. The Morgan fingerprint density at radius 3 is 2.62 bits per heavy atom. The predicted molar refractivity (Wildman–Crippen MR) is 142 cm³/mol. The molecule has 204 valence electrons. The van der Waals surface area contributed by atoms with Crippen LogP contribution in [0.5, 0.6) is 0 Å². The second-order valence-electron chi connectivity index (χ2n) is 9.47. The van der Waals surface area contributed by atoms with Crippen LogP contribution >= 0.6 is 0 Å². The van der Waals surface area contributed by atoms with E-state index in [1.54, 1.807) is 36.5 Å². The number of amides is 1. The van der Waals surface area contributed by atoms with Crippen molar-refractivity contribution in [1.29, 1.82) is 0 Å². The molecule has 1 amide bonds. The zero-order valence-electron chi connectivity index (χ0n) is 21.2. The topological polar surface area (TPSA) is 84.7 Å². The average Bonchev–Trinajstić information content (AvgIpc) is 3.60. The lowest BCUT2D eigenvalue weighted by molar-refractivity contribution is -0.137. The molecule has 0 bridgehead atoms. The Balaban J connectivity index is 1.40. The van der Waals surface area contributed by atoms with Gasteiger partial charge < -0.3 is 9.73 Å². The molecule has 3 heterocycles. The van der Waals surface area contributed by atoms with Crippen LogP contribution in [-0.2, 0) is 17.4 Å². The molecule has 11 heteroatoms. The van der Waals surface area contributed by atoms with Crippen LogP contribution in [0.3, 0.4) is 0 Å². The highest BCUT2D eigenvalue weighted by Gasteiger charge is 2.31. The van der Waals surface area contributed by atoms with Crippen molar-refractivity contribution in [3.63, 3.8) is 0 Å². The van der Waals surface area contributed by atoms with Crippen molar-refractivity contribution in [2.24, 2.45) is 0 Å². The van der Waals surface area contributed by atoms with Crippen LogP contribution in [0.25, 0.3) is 21.9 Å². The molecule has 0 atom stereocenters. The fourth-order valence-electron chi connectivity index (χ4n) is 4.66. The van der Waals surface area contributed by atoms with Gasteiger partial charge in [0.05, 0.1) is 30.6 Å². The van der Waals surface area contributed by atoms with Crippen molar-refractivity contribution in [3.8, 4) is 17.0 Å². The van der Waals surface area contributed by atoms with Crippen LogP contribution in [0.15, 0.2) is 76.2 Å². The molecule has 1 N–H and O–H groups in total. The SMILES string of the molecule is [C-]#[N+]c1ccc(-c2cnc(Cc3cc(NC(=O)CN4CCCC4)cc(C(F)(F)F)c3)o2)cc1-n1ccccc1=O. The summed E-state index contributed by atoms with van der Waals surface area (Å²) in [5.74, 6) is 0.112. The summed E-state index contributed by atoms with van der Waals surface area (Å²) in [6.45, 7) is 9.15. The van der Waals surface area contributed by atoms with Gasteiger partial charge in [-0.15, -0.1) is 0 Å². The molecule has 0 unspecified atom stereocenters. The first kappa shape index (κ1) is 26.9. The smallest absolute Gasteiger partial charge is 0.416 e. The number of halogens is 3. The van der Waals surface area contributed by atoms with Gasteiger partial charge >= 0.3 is 6.18 Å². The highest BCUT2D eigenvalue weighted by Crippen LogP contribution is 2.34. The molecule has 8 nitrogen and oxygen atoms in total. The van der Waals surface area contributed by atoms with E-state index in [2.05, 4.69) is 15.1 Å². The molecule has 2 aromatic carbocycles. The Kier molecular flexibility index (Phi) is 7.53. The first-order valence-corrected chi connectivity index (χ1v) is 12.6. The van der Waals surface area contributed by atoms with Crippen LogP contribution < -0.4 is 10.9 Å². The van der Waals surface area contributed by atoms with Crippen LogP contribution in [0.1, 0.15) is 29.9 Å². The Morgan fingerprint density at radius 2 is 1.90 bits per heavy atom. The van der Waals surface area contributed by atoms with Gasteiger partial charge in [-0.1, -0.05) is 18.2 Å². The second kappa shape index (κ2) is 11.2. The number of hydrogen-bond donors (Lipinski definition) is 1. The third kappa shape index (κ3) is 6.13. The Morgan fingerprint density at radius 1 is 1.10 bits per heavy atom. The number of aromatic nitrogens is 2. The lowest BCUT2D eigenvalue weighted by Crippen LogP contribution is -2.31. The molecular formula is C29H24F3N5O3. The van der Waals surface area contributed by atoms with E-state index in [1.165, 1.54) is 22.9 Å². The van der Waals surface area contributed by atoms with Gasteiger partial charge in [0, 0.05) is 29.9 Å². The number of carbonyl (C=O) groups excluding carboxylic acids is 1. The first-order valence-electron chi connectivity index (χ1n) is 12.6. The molecule has 1 aliphatic heterocycles. The third-order valence-electron chi connectivity index (χ3n) is 6.54. The van der Waals surface area contributed by atoms with Crippen LogP contribution in [0.4, 0.5) is 24.5 Å². The molecule has 0 saturated carbocycles. The van der Waals surface area contributed by atoms with Crippen molar-refractivity contribution in [2.45, 2.75) is 25.4 Å². The summed E-state index contributed by atoms with van der Waals surface area (Å²) >= 11 is 0. The summed E-state index contributed by atoms with van der Waals surface area (Å²) < 4.78 is 48.1. The maximum atomic E-state index is 13.6. The van der Waals surface area contributed by atoms with Crippen LogP contribution in [-0.4, -0.2) is 40.0 Å². The standard InChI is InChI=1S/C29H24F3N5O3/c1-33-23-8-7-20(15-24(23)37-11-3-2-6-28(37)39)25-17-34-27(40-25)14-19-12-21(29(30,31)32)16-22(13-19)35-26(38)18-36-9-4-5-10-36/h2-3,6-8,11-13,15-17H,4-5,9-10,14,18H2,(H,35,38). The molecule has 0 radical (unpaired) electrons. The number of benzene rings is 2. The average molecular weight is 548 g/mol. The molecule has 40 heavy (non-hydrogen) atoms. The van der Waals surface area contributed by atoms with E-state index in [1.807, 2.05) is 4.90 Å². The summed E-state index contributed by atoms with van der Waals surface area (Å²) in [7, 11) is 0. The number of nitrogens with one attached hydrogen (secondary N) is 1. The zero-order valence-corrected chi connectivity index (χ0v) is 21.2. The van der Waals surface area contributed by atoms with E-state index in [9.17, 15) is 22.8 Å². The molecule has 1 fully saturated rings. The zero-order chi connectivity index (χ0) is 28.3. The number of anilines is 1. The van der Waals surface area contributed by atoms with E-state index in [-0.39, 0.29) is 47.3 Å². The Bertz CT molecular complexity index is 1650. The van der Waals surface area contributed by atoms with Gasteiger partial charge in [0.25, 0.3) is 5.56 Å². The van der Waals surface area contributed by atoms with E-state index in [0.717, 1.165) is 38.1 Å². The van der Waals surface area contributed by atoms with Crippen LogP contribution in [0.2, 0.25) is 0 Å². The minimum Gasteiger partial charge on any atom is -0.440 e. The van der Waals surface area contributed by atoms with E-state index in [4.69, 9.17) is 11.0 Å². The number of alkyl halides is 3. The summed E-state index contributed by atoms with van der Waals surface area (Å²) in [5.41, 5.74) is 0.281. The molecule has 4 aromatic rings. The van der Waals surface area contributed by atoms with Crippen molar-refractivity contribution in [1.82, 2.24) is 14.5 Å². The molecule has 1 aliphatic rings. The lowest BCUT2D eigenvalue weighted by Gasteiger charge is -2.16. The van der Waals surface area contributed by atoms with Gasteiger partial charge in [-0.2, -0.15) is 13.2 Å². The normalized spacial score (nSPS) is 13.8. The quantitative estimate of drug-likeness (QED) is 0.301. The fraction of sp³-hybridized carbons (Fsp3) is 0.241. The van der Waals surface area contributed by atoms with E-state index < -0.39 is 11.7 Å². The number of pyridine rings is 1. The summed E-state index contributed by atoms with van der Waals surface area (Å²) in [6.07, 6.45) is 0.319. The molecule has 0 aliphatic carbocycles. The molecular weight excluding hydrogens is 523 g/mol. The second-order valence-corrected chi connectivity index (χ2v) is 9.47. The monoisotopic (exact) mass is 547 g/mol. The molecule has 1 saturated heterocycles. The number of nitrogens with zero attached hydrogens (tertiary/aromatic N) is 4. The minimum atomic E-state index is -4.61. The molecule has 0 spiro atoms. The number of likely N-dealkylation sites (tertiary alicyclic amines) is 1. The van der Waals surface area contributed by atoms with Gasteiger partial charge in [-0.3, -0.25) is 19.1 Å². The van der Waals surface area contributed by atoms with Crippen molar-refractivity contribution in [3.05, 3.63) is 106 Å². The summed E-state index contributed by atoms with van der Waals surface area (Å²) in [5, 5.41) is 2.59. The first-order chi connectivity index (χ1) is 19.2. The van der Waals surface area contributed by atoms with E-state index in [0.29, 0.717) is 17.0 Å². The third-order valence-corrected chi connectivity index (χ3v) is 6.54. The molecule has 5 rings (SSSR count). The minimum absolute atomic E-state index is 0.0495. The number of carbonyl (C=O) groups is 1. The largest absolute Gasteiger partial charge is 0.440 e. The maximum Gasteiger partial charge on any atom is 0.416 e. The maximum absolute atomic E-state index is 13.6. The van der Waals surface area contributed by atoms with Crippen molar-refractivity contribution < 1.29 is 22.4 Å². The lowest BCUT2D eigenvalue weighted by atomic mass is 10.1. The number of rotatable bonds is 7. The molecule has 2 aromatic heterocycles. The predicted octanol–water partition coefficient (Wildman–Crippen LogP) is 5.69. The van der Waals surface area contributed by atoms with E-state index >= 15 is 0 Å². The van der Waals surface area contributed by atoms with Crippen molar-refractivity contribution >= 4 is 17.3 Å². The Labute approximate surface area is 227 Å². The summed E-state index contributed by atoms with van der Waals surface area (Å²) in [4.78, 5) is 34.5. The van der Waals surface area contributed by atoms with Crippen molar-refractivity contribution in [2.75, 3.05) is 25.0 Å².